The Bertz CT molecular complexity index is 1280. The van der Waals surface area contributed by atoms with E-state index in [1.165, 1.54) is 10.7 Å². The lowest BCUT2D eigenvalue weighted by Crippen LogP contribution is -2.07. The van der Waals surface area contributed by atoms with E-state index in [1.807, 2.05) is 29.8 Å². The van der Waals surface area contributed by atoms with Gasteiger partial charge in [-0.15, -0.1) is 5.10 Å². The van der Waals surface area contributed by atoms with Gasteiger partial charge >= 0.3 is 6.18 Å². The number of benzene rings is 2. The molecule has 4 aromatic rings. The summed E-state index contributed by atoms with van der Waals surface area (Å²) in [6.45, 7) is 3.62. The highest BCUT2D eigenvalue weighted by atomic mass is 19.4. The highest BCUT2D eigenvalue weighted by molar-refractivity contribution is 5.66. The second-order valence-corrected chi connectivity index (χ2v) is 7.34. The molecule has 32 heavy (non-hydrogen) atoms. The van der Waals surface area contributed by atoms with E-state index < -0.39 is 11.7 Å². The van der Waals surface area contributed by atoms with Gasteiger partial charge < -0.3 is 14.6 Å². The molecule has 10 heteroatoms. The smallest absolute Gasteiger partial charge is 0.416 e. The second kappa shape index (κ2) is 8.03. The van der Waals surface area contributed by atoms with Gasteiger partial charge in [-0.3, -0.25) is 0 Å². The van der Waals surface area contributed by atoms with Crippen molar-refractivity contribution < 1.29 is 17.9 Å². The predicted octanol–water partition coefficient (Wildman–Crippen LogP) is 5.06. The molecule has 0 saturated heterocycles. The van der Waals surface area contributed by atoms with Gasteiger partial charge in [0.25, 0.3) is 0 Å². The topological polar surface area (TPSA) is 69.8 Å². The van der Waals surface area contributed by atoms with Crippen molar-refractivity contribution in [1.29, 1.82) is 0 Å². The summed E-state index contributed by atoms with van der Waals surface area (Å²) in [7, 11) is 3.24. The van der Waals surface area contributed by atoms with E-state index >= 15 is 0 Å². The summed E-state index contributed by atoms with van der Waals surface area (Å²) in [6.07, 6.45) is -0.845. The third kappa shape index (κ3) is 4.16. The normalized spacial score (nSPS) is 11.6. The zero-order chi connectivity index (χ0) is 23.0. The lowest BCUT2D eigenvalue weighted by atomic mass is 10.1. The first-order valence-electron chi connectivity index (χ1n) is 9.71. The molecule has 0 saturated carbocycles. The average Bonchev–Trinajstić information content (AvgIpc) is 3.34. The van der Waals surface area contributed by atoms with Gasteiger partial charge in [0.2, 0.25) is 5.95 Å². The molecule has 0 radical (unpaired) electrons. The van der Waals surface area contributed by atoms with Gasteiger partial charge in [0, 0.05) is 24.5 Å². The maximum absolute atomic E-state index is 13.1. The van der Waals surface area contributed by atoms with Crippen LogP contribution in [-0.2, 0) is 13.2 Å². The van der Waals surface area contributed by atoms with E-state index in [0.29, 0.717) is 34.3 Å². The van der Waals surface area contributed by atoms with Gasteiger partial charge in [-0.25, -0.2) is 9.67 Å². The largest absolute Gasteiger partial charge is 0.495 e. The summed E-state index contributed by atoms with van der Waals surface area (Å²) in [6, 6.07) is 9.06. The molecule has 0 atom stereocenters. The number of halogens is 3. The Morgan fingerprint density at radius 3 is 2.50 bits per heavy atom. The number of ether oxygens (including phenoxy) is 1. The molecular weight excluding hydrogens is 421 g/mol. The molecule has 0 spiro atoms. The van der Waals surface area contributed by atoms with Crippen LogP contribution in [0.3, 0.4) is 0 Å². The highest BCUT2D eigenvalue weighted by Gasteiger charge is 2.31. The fourth-order valence-corrected chi connectivity index (χ4v) is 3.25. The third-order valence-electron chi connectivity index (χ3n) is 5.00. The van der Waals surface area contributed by atoms with Crippen LogP contribution in [0.25, 0.3) is 17.1 Å². The molecule has 7 nitrogen and oxygen atoms in total. The van der Waals surface area contributed by atoms with E-state index in [1.54, 1.807) is 33.5 Å². The monoisotopic (exact) mass is 442 g/mol. The fourth-order valence-electron chi connectivity index (χ4n) is 3.25. The Kier molecular flexibility index (Phi) is 5.37. The molecular formula is C22H21F3N6O. The number of aromatic nitrogens is 5. The molecule has 0 aliphatic heterocycles. The maximum atomic E-state index is 13.1. The lowest BCUT2D eigenvalue weighted by Gasteiger charge is -2.12. The summed E-state index contributed by atoms with van der Waals surface area (Å²) < 4.78 is 48.1. The average molecular weight is 442 g/mol. The Morgan fingerprint density at radius 2 is 1.84 bits per heavy atom. The molecule has 2 aromatic carbocycles. The van der Waals surface area contributed by atoms with Gasteiger partial charge in [-0.05, 0) is 49.7 Å². The molecule has 0 bridgehead atoms. The number of hydrogen-bond acceptors (Lipinski definition) is 5. The van der Waals surface area contributed by atoms with E-state index in [4.69, 9.17) is 4.74 Å². The van der Waals surface area contributed by atoms with Gasteiger partial charge in [0.05, 0.1) is 30.4 Å². The molecule has 0 fully saturated rings. The number of aryl methyl sites for hydroxylation is 3. The van der Waals surface area contributed by atoms with Gasteiger partial charge in [0.1, 0.15) is 5.75 Å². The third-order valence-corrected chi connectivity index (χ3v) is 5.00. The molecule has 2 heterocycles. The fraction of sp³-hybridized carbons (Fsp3) is 0.227. The van der Waals surface area contributed by atoms with Crippen LogP contribution >= 0.6 is 0 Å². The second-order valence-electron chi connectivity index (χ2n) is 7.34. The van der Waals surface area contributed by atoms with Crippen LogP contribution in [-0.4, -0.2) is 31.4 Å². The van der Waals surface area contributed by atoms with Crippen molar-refractivity contribution in [2.75, 3.05) is 12.4 Å². The number of rotatable bonds is 5. The molecule has 1 N–H and O–H groups in total. The zero-order valence-electron chi connectivity index (χ0n) is 17.9. The van der Waals surface area contributed by atoms with Gasteiger partial charge in [-0.1, -0.05) is 6.07 Å². The van der Waals surface area contributed by atoms with Crippen molar-refractivity contribution in [1.82, 2.24) is 24.3 Å². The molecule has 166 valence electrons. The molecule has 2 aromatic heterocycles. The summed E-state index contributed by atoms with van der Waals surface area (Å²) in [5.74, 6) is 1.33. The molecule has 4 rings (SSSR count). The Morgan fingerprint density at radius 1 is 1.06 bits per heavy atom. The van der Waals surface area contributed by atoms with E-state index in [-0.39, 0.29) is 0 Å². The minimum absolute atomic E-state index is 0.310. The summed E-state index contributed by atoms with van der Waals surface area (Å²) in [5, 5.41) is 7.36. The summed E-state index contributed by atoms with van der Waals surface area (Å²) in [5.41, 5.74) is 2.62. The number of imidazole rings is 1. The van der Waals surface area contributed by atoms with Crippen molar-refractivity contribution in [2.24, 2.45) is 7.05 Å². The summed E-state index contributed by atoms with van der Waals surface area (Å²) in [4.78, 5) is 8.71. The number of alkyl halides is 3. The number of nitrogens with one attached hydrogen (secondary N) is 1. The quantitative estimate of drug-likeness (QED) is 0.468. The van der Waals surface area contributed by atoms with Crippen LogP contribution in [0.5, 0.6) is 5.75 Å². The summed E-state index contributed by atoms with van der Waals surface area (Å²) >= 11 is 0. The Hall–Kier alpha value is -3.82. The molecule has 0 aliphatic carbocycles. The lowest BCUT2D eigenvalue weighted by molar-refractivity contribution is -0.137. The van der Waals surface area contributed by atoms with Crippen molar-refractivity contribution in [3.05, 3.63) is 65.7 Å². The van der Waals surface area contributed by atoms with Crippen LogP contribution in [0.2, 0.25) is 0 Å². The SMILES string of the molecule is COc1cc(-c2nc(Nc3cc(C(F)(F)F)ccc3C)n(C)n2)ccc1-n1cnc(C)c1. The Balaban J connectivity index is 1.66. The van der Waals surface area contributed by atoms with Crippen molar-refractivity contribution in [3.8, 4) is 22.8 Å². The van der Waals surface area contributed by atoms with Gasteiger partial charge in [-0.2, -0.15) is 18.2 Å². The standard InChI is InChI=1S/C22H21F3N6O/c1-13-5-7-16(22(23,24)25)10-17(13)27-21-28-20(29-30(21)3)15-6-8-18(19(9-15)32-4)31-11-14(2)26-12-31/h5-12H,1-4H3,(H,27,28,29). The van der Waals surface area contributed by atoms with Crippen molar-refractivity contribution in [3.63, 3.8) is 0 Å². The van der Waals surface area contributed by atoms with E-state index in [9.17, 15) is 13.2 Å². The van der Waals surface area contributed by atoms with Crippen LogP contribution in [0, 0.1) is 13.8 Å². The van der Waals surface area contributed by atoms with Crippen LogP contribution in [0.1, 0.15) is 16.8 Å². The zero-order valence-corrected chi connectivity index (χ0v) is 17.9. The Labute approximate surface area is 182 Å². The van der Waals surface area contributed by atoms with Gasteiger partial charge in [0.15, 0.2) is 5.82 Å². The minimum atomic E-state index is -4.43. The first-order valence-corrected chi connectivity index (χ1v) is 9.71. The predicted molar refractivity (Wildman–Crippen MR) is 114 cm³/mol. The molecule has 0 amide bonds. The first kappa shape index (κ1) is 21.4. The van der Waals surface area contributed by atoms with Crippen molar-refractivity contribution >= 4 is 11.6 Å². The molecule has 0 unspecified atom stereocenters. The van der Waals surface area contributed by atoms with Crippen LogP contribution in [0.4, 0.5) is 24.8 Å². The van der Waals surface area contributed by atoms with E-state index in [0.717, 1.165) is 23.5 Å². The van der Waals surface area contributed by atoms with E-state index in [2.05, 4.69) is 20.4 Å². The number of nitrogens with zero attached hydrogens (tertiary/aromatic N) is 5. The van der Waals surface area contributed by atoms with Crippen molar-refractivity contribution in [2.45, 2.75) is 20.0 Å². The van der Waals surface area contributed by atoms with Crippen LogP contribution < -0.4 is 10.1 Å². The highest BCUT2D eigenvalue weighted by Crippen LogP contribution is 2.33. The number of methoxy groups -OCH3 is 1. The minimum Gasteiger partial charge on any atom is -0.495 e. The first-order chi connectivity index (χ1) is 15.2. The number of anilines is 2. The molecule has 0 aliphatic rings. The maximum Gasteiger partial charge on any atom is 0.416 e. The van der Waals surface area contributed by atoms with Crippen LogP contribution in [0.15, 0.2) is 48.9 Å². The number of hydrogen-bond donors (Lipinski definition) is 1.